The Labute approximate surface area is 122 Å². The van der Waals surface area contributed by atoms with Crippen molar-refractivity contribution in [3.63, 3.8) is 0 Å². The average Bonchev–Trinajstić information content (AvgIpc) is 1.50. The van der Waals surface area contributed by atoms with E-state index >= 15 is 0 Å². The van der Waals surface area contributed by atoms with Crippen molar-refractivity contribution in [2.24, 2.45) is 0 Å². The molecule has 0 nitrogen and oxygen atoms in total. The molecule has 3 heteroatoms. The second-order valence-electron chi connectivity index (χ2n) is 0. The minimum absolute atomic E-state index is 0. The van der Waals surface area contributed by atoms with Gasteiger partial charge in [0.25, 0.3) is 0 Å². The van der Waals surface area contributed by atoms with Crippen LogP contribution in [0, 0.1) is 13.5 Å². The zero-order chi connectivity index (χ0) is 4.00. The first kappa shape index (κ1) is 32.3. The van der Waals surface area contributed by atoms with Gasteiger partial charge in [-0.25, -0.2) is 0 Å². The molecule has 0 unspecified atom stereocenters. The maximum atomic E-state index is 4.25. The van der Waals surface area contributed by atoms with Crippen LogP contribution in [-0.4, -0.2) is 0 Å². The molecule has 0 saturated heterocycles. The summed E-state index contributed by atoms with van der Waals surface area (Å²) in [5, 5.41) is 0. The van der Waals surface area contributed by atoms with E-state index in [0.29, 0.717) is 0 Å². The Morgan fingerprint density at radius 3 is 1.00 bits per heavy atom. The Morgan fingerprint density at radius 2 is 1.00 bits per heavy atom. The van der Waals surface area contributed by atoms with Crippen molar-refractivity contribution in [2.75, 3.05) is 0 Å². The van der Waals surface area contributed by atoms with E-state index in [1.807, 2.05) is 0 Å². The molecule has 0 fully saturated rings. The maximum absolute atomic E-state index is 4.25. The van der Waals surface area contributed by atoms with Crippen LogP contribution in [0.3, 0.4) is 0 Å². The zero-order valence-electron chi connectivity index (χ0n) is 4.72. The fraction of sp³-hybridized carbons (Fsp3) is 0.250. The van der Waals surface area contributed by atoms with E-state index in [4.69, 9.17) is 0 Å². The summed E-state index contributed by atoms with van der Waals surface area (Å²) in [7, 11) is 0. The first-order valence-electron chi connectivity index (χ1n) is 1.12. The Morgan fingerprint density at radius 1 is 1.00 bits per heavy atom. The third-order valence-electron chi connectivity index (χ3n) is 0. The summed E-state index contributed by atoms with van der Waals surface area (Å²) in [6.45, 7) is 12.0. The second-order valence-corrected chi connectivity index (χ2v) is 0. The first-order valence-corrected chi connectivity index (χ1v) is 1.12. The predicted molar refractivity (Wildman–Crippen MR) is 21.0 cm³/mol. The normalized spacial score (nSPS) is 1.43. The SMILES string of the molecule is [CH-]=C.[CH2-]C.[Y].[Y].[Y]. The van der Waals surface area contributed by atoms with E-state index in [0.717, 1.165) is 0 Å². The fourth-order valence-corrected chi connectivity index (χ4v) is 0. The van der Waals surface area contributed by atoms with E-state index in [9.17, 15) is 0 Å². The minimum atomic E-state index is 0. The molecule has 35 valence electrons. The maximum Gasteiger partial charge on any atom is 0 e. The van der Waals surface area contributed by atoms with Gasteiger partial charge in [-0.15, -0.1) is 0 Å². The first-order chi connectivity index (χ1) is 2.00. The number of hydrogen-bond acceptors (Lipinski definition) is 0. The van der Waals surface area contributed by atoms with E-state index in [2.05, 4.69) is 20.1 Å². The largest absolute Gasteiger partial charge is 0.521 e. The van der Waals surface area contributed by atoms with Gasteiger partial charge in [-0.3, -0.25) is 6.58 Å². The molecule has 7 heavy (non-hydrogen) atoms. The van der Waals surface area contributed by atoms with Crippen LogP contribution in [-0.2, 0) is 98.1 Å². The summed E-state index contributed by atoms with van der Waals surface area (Å²) in [4.78, 5) is 0. The zero-order valence-corrected chi connectivity index (χ0v) is 13.2. The van der Waals surface area contributed by atoms with Crippen molar-refractivity contribution < 1.29 is 98.1 Å². The standard InChI is InChI=1S/C2H5.C2H3.3Y/c2*1-2;;;/h1H2,2H3;1H,2H2;;;/q2*-1;;;. The Balaban J connectivity index is -0.00000000267. The van der Waals surface area contributed by atoms with Gasteiger partial charge in [0, 0.05) is 98.1 Å². The molecule has 3 radical (unpaired) electrons. The van der Waals surface area contributed by atoms with Crippen molar-refractivity contribution in [2.45, 2.75) is 6.92 Å². The van der Waals surface area contributed by atoms with Crippen molar-refractivity contribution >= 4 is 0 Å². The van der Waals surface area contributed by atoms with Crippen LogP contribution in [0.2, 0.25) is 0 Å². The van der Waals surface area contributed by atoms with Gasteiger partial charge in [0.05, 0.1) is 0 Å². The molecule has 0 heterocycles. The summed E-state index contributed by atoms with van der Waals surface area (Å²) in [6.07, 6.45) is 0. The van der Waals surface area contributed by atoms with Crippen LogP contribution in [0.4, 0.5) is 0 Å². The van der Waals surface area contributed by atoms with E-state index in [1.54, 1.807) is 6.92 Å². The van der Waals surface area contributed by atoms with Gasteiger partial charge in [0.15, 0.2) is 0 Å². The predicted octanol–water partition coefficient (Wildman–Crippen LogP) is 1.44. The smallest absolute Gasteiger partial charge is 0 e. The molecule has 0 aliphatic carbocycles. The molecule has 0 atom stereocenters. The van der Waals surface area contributed by atoms with Crippen LogP contribution in [0.25, 0.3) is 0 Å². The van der Waals surface area contributed by atoms with Crippen molar-refractivity contribution in [3.8, 4) is 0 Å². The molecular formula is C4H8Y3-2. The third kappa shape index (κ3) is 48.3. The van der Waals surface area contributed by atoms with Gasteiger partial charge in [-0.2, -0.15) is 6.92 Å². The Kier molecular flexibility index (Phi) is 291. The van der Waals surface area contributed by atoms with Crippen LogP contribution in [0.1, 0.15) is 6.92 Å². The molecule has 0 aromatic carbocycles. The molecule has 0 N–H and O–H groups in total. The number of hydrogen-bond donors (Lipinski definition) is 0. The fourth-order valence-electron chi connectivity index (χ4n) is 0. The van der Waals surface area contributed by atoms with Gasteiger partial charge in [-0.1, -0.05) is 0 Å². The molecule has 0 aliphatic heterocycles. The monoisotopic (exact) mass is 323 g/mol. The van der Waals surface area contributed by atoms with Crippen LogP contribution >= 0.6 is 0 Å². The van der Waals surface area contributed by atoms with Gasteiger partial charge < -0.3 is 13.5 Å². The van der Waals surface area contributed by atoms with Crippen molar-refractivity contribution in [3.05, 3.63) is 20.1 Å². The quantitative estimate of drug-likeness (QED) is 0.592. The van der Waals surface area contributed by atoms with E-state index in [-0.39, 0.29) is 98.1 Å². The van der Waals surface area contributed by atoms with Gasteiger partial charge in [0.2, 0.25) is 0 Å². The van der Waals surface area contributed by atoms with Gasteiger partial charge >= 0.3 is 0 Å². The number of rotatable bonds is 0. The second kappa shape index (κ2) is 63.0. The molecule has 0 amide bonds. The topological polar surface area (TPSA) is 0 Å². The van der Waals surface area contributed by atoms with Gasteiger partial charge in [0.1, 0.15) is 0 Å². The average molecular weight is 323 g/mol. The molecule has 0 aromatic rings. The summed E-state index contributed by atoms with van der Waals surface area (Å²) < 4.78 is 0. The minimum Gasteiger partial charge on any atom is -0.521 e. The summed E-state index contributed by atoms with van der Waals surface area (Å²) in [5.74, 6) is 0. The van der Waals surface area contributed by atoms with Crippen molar-refractivity contribution in [1.82, 2.24) is 0 Å². The van der Waals surface area contributed by atoms with E-state index in [1.165, 1.54) is 0 Å². The van der Waals surface area contributed by atoms with Crippen LogP contribution in [0.5, 0.6) is 0 Å². The van der Waals surface area contributed by atoms with E-state index < -0.39 is 0 Å². The molecule has 0 bridgehead atoms. The summed E-state index contributed by atoms with van der Waals surface area (Å²) in [6, 6.07) is 0. The van der Waals surface area contributed by atoms with Gasteiger partial charge in [-0.05, 0) is 0 Å². The third-order valence-corrected chi connectivity index (χ3v) is 0. The molecule has 0 rings (SSSR count). The Hall–Kier alpha value is 3.05. The van der Waals surface area contributed by atoms with Crippen molar-refractivity contribution in [1.29, 1.82) is 0 Å². The molecule has 0 aromatic heterocycles. The molecule has 0 aliphatic rings. The summed E-state index contributed by atoms with van der Waals surface area (Å²) >= 11 is 0. The summed E-state index contributed by atoms with van der Waals surface area (Å²) in [5.41, 5.74) is 0. The molecule has 0 spiro atoms. The van der Waals surface area contributed by atoms with Crippen LogP contribution < -0.4 is 0 Å². The molecule has 0 saturated carbocycles. The van der Waals surface area contributed by atoms with Crippen LogP contribution in [0.15, 0.2) is 6.58 Å². The molecular weight excluding hydrogens is 315 g/mol. The Bertz CT molecular complexity index is 6.90.